The largest absolute Gasteiger partial charge is 0.491 e. The van der Waals surface area contributed by atoms with Gasteiger partial charge in [-0.3, -0.25) is 0 Å². The van der Waals surface area contributed by atoms with Crippen molar-refractivity contribution in [2.75, 3.05) is 38.0 Å². The number of nitrogens with one attached hydrogen (secondary N) is 1. The van der Waals surface area contributed by atoms with E-state index < -0.39 is 0 Å². The first-order valence-corrected chi connectivity index (χ1v) is 6.59. The number of nitrogens with two attached hydrogens (primary N) is 1. The zero-order chi connectivity index (χ0) is 14.1. The maximum Gasteiger partial charge on any atom is 0.144 e. The second-order valence-corrected chi connectivity index (χ2v) is 4.41. The summed E-state index contributed by atoms with van der Waals surface area (Å²) >= 11 is 0. The maximum atomic E-state index is 9.02. The fourth-order valence-corrected chi connectivity index (χ4v) is 1.75. The van der Waals surface area contributed by atoms with Crippen LogP contribution in [-0.2, 0) is 4.74 Å². The van der Waals surface area contributed by atoms with Crippen LogP contribution < -0.4 is 15.8 Å². The molecule has 0 aliphatic rings. The number of anilines is 2. The summed E-state index contributed by atoms with van der Waals surface area (Å²) in [6.45, 7) is 3.35. The second-order valence-electron chi connectivity index (χ2n) is 4.41. The molecule has 1 rings (SSSR count). The van der Waals surface area contributed by atoms with Crippen molar-refractivity contribution < 1.29 is 14.6 Å². The maximum absolute atomic E-state index is 9.02. The van der Waals surface area contributed by atoms with Crippen molar-refractivity contribution >= 4 is 11.4 Å². The molecule has 0 heterocycles. The molecule has 0 radical (unpaired) electrons. The summed E-state index contributed by atoms with van der Waals surface area (Å²) in [6, 6.07) is 5.66. The lowest BCUT2D eigenvalue weighted by molar-refractivity contribution is 0.170. The minimum atomic E-state index is 0.0673. The number of nitrogen functional groups attached to an aromatic ring is 1. The summed E-state index contributed by atoms with van der Waals surface area (Å²) in [5.74, 6) is 0.687. The van der Waals surface area contributed by atoms with Gasteiger partial charge >= 0.3 is 0 Å². The Balaban J connectivity index is 2.70. The molecule has 1 unspecified atom stereocenters. The van der Waals surface area contributed by atoms with Crippen LogP contribution in [0, 0.1) is 0 Å². The van der Waals surface area contributed by atoms with Gasteiger partial charge in [-0.05, 0) is 25.0 Å². The predicted octanol–water partition coefficient (Wildman–Crippen LogP) is 1.87. The van der Waals surface area contributed by atoms with Crippen LogP contribution in [0.1, 0.15) is 19.8 Å². The van der Waals surface area contributed by atoms with Crippen LogP contribution in [0.15, 0.2) is 18.2 Å². The Labute approximate surface area is 114 Å². The van der Waals surface area contributed by atoms with E-state index in [4.69, 9.17) is 20.3 Å². The molecule has 4 N–H and O–H groups in total. The van der Waals surface area contributed by atoms with E-state index in [1.54, 1.807) is 7.11 Å². The third kappa shape index (κ3) is 5.36. The number of methoxy groups -OCH3 is 1. The van der Waals surface area contributed by atoms with Crippen LogP contribution in [0.2, 0.25) is 0 Å². The Morgan fingerprint density at radius 3 is 2.84 bits per heavy atom. The Morgan fingerprint density at radius 1 is 1.42 bits per heavy atom. The molecular formula is C14H24N2O3. The zero-order valence-corrected chi connectivity index (χ0v) is 11.7. The Bertz CT molecular complexity index is 366. The minimum absolute atomic E-state index is 0.0673. The molecule has 0 saturated heterocycles. The summed E-state index contributed by atoms with van der Waals surface area (Å²) in [5, 5.41) is 12.3. The second kappa shape index (κ2) is 8.61. The lowest BCUT2D eigenvalue weighted by Gasteiger charge is -2.19. The molecule has 5 heteroatoms. The fraction of sp³-hybridized carbons (Fsp3) is 0.571. The number of hydrogen-bond donors (Lipinski definition) is 3. The van der Waals surface area contributed by atoms with Crippen molar-refractivity contribution in [2.24, 2.45) is 0 Å². The Kier molecular flexibility index (Phi) is 7.07. The number of rotatable bonds is 9. The minimum Gasteiger partial charge on any atom is -0.491 e. The molecule has 1 aromatic rings. The van der Waals surface area contributed by atoms with E-state index in [-0.39, 0.29) is 12.6 Å². The first kappa shape index (κ1) is 15.6. The lowest BCUT2D eigenvalue weighted by atomic mass is 10.2. The average Bonchev–Trinajstić information content (AvgIpc) is 2.40. The van der Waals surface area contributed by atoms with Gasteiger partial charge in [0.2, 0.25) is 0 Å². The quantitative estimate of drug-likeness (QED) is 0.596. The zero-order valence-electron chi connectivity index (χ0n) is 11.7. The monoisotopic (exact) mass is 268 g/mol. The number of hydrogen-bond acceptors (Lipinski definition) is 5. The molecule has 0 aliphatic heterocycles. The summed E-state index contributed by atoms with van der Waals surface area (Å²) in [4.78, 5) is 0. The number of aliphatic hydroxyl groups is 1. The van der Waals surface area contributed by atoms with Crippen molar-refractivity contribution in [2.45, 2.75) is 25.8 Å². The summed E-state index contributed by atoms with van der Waals surface area (Å²) < 4.78 is 10.7. The van der Waals surface area contributed by atoms with E-state index in [9.17, 15) is 0 Å². The first-order chi connectivity index (χ1) is 9.21. The van der Waals surface area contributed by atoms with Gasteiger partial charge in [0.1, 0.15) is 5.75 Å². The molecule has 5 nitrogen and oxygen atoms in total. The highest BCUT2D eigenvalue weighted by Gasteiger charge is 2.09. The molecule has 0 bridgehead atoms. The standard InChI is InChI=1S/C14H24N2O3/c1-3-8-19-14-9-11(4-5-13(14)15)16-12(6-7-17)10-18-2/h4-5,9,12,16-17H,3,6-8,10,15H2,1-2H3. The normalized spacial score (nSPS) is 12.2. The van der Waals surface area contributed by atoms with Gasteiger partial charge in [0, 0.05) is 25.5 Å². The first-order valence-electron chi connectivity index (χ1n) is 6.59. The summed E-state index contributed by atoms with van der Waals surface area (Å²) in [7, 11) is 1.64. The van der Waals surface area contributed by atoms with Gasteiger partial charge in [-0.25, -0.2) is 0 Å². The average molecular weight is 268 g/mol. The molecule has 108 valence electrons. The van der Waals surface area contributed by atoms with E-state index in [0.29, 0.717) is 31.1 Å². The molecule has 0 aromatic heterocycles. The van der Waals surface area contributed by atoms with Crippen molar-refractivity contribution in [1.82, 2.24) is 0 Å². The van der Waals surface area contributed by atoms with Crippen molar-refractivity contribution in [3.63, 3.8) is 0 Å². The molecule has 0 saturated carbocycles. The van der Waals surface area contributed by atoms with Gasteiger partial charge in [-0.1, -0.05) is 6.92 Å². The number of ether oxygens (including phenoxy) is 2. The van der Waals surface area contributed by atoms with Crippen molar-refractivity contribution in [1.29, 1.82) is 0 Å². The van der Waals surface area contributed by atoms with Crippen LogP contribution in [0.4, 0.5) is 11.4 Å². The van der Waals surface area contributed by atoms with Crippen molar-refractivity contribution in [3.8, 4) is 5.75 Å². The molecule has 0 spiro atoms. The van der Waals surface area contributed by atoms with Crippen LogP contribution in [0.25, 0.3) is 0 Å². The van der Waals surface area contributed by atoms with Crippen molar-refractivity contribution in [3.05, 3.63) is 18.2 Å². The molecule has 1 atom stereocenters. The summed E-state index contributed by atoms with van der Waals surface area (Å²) in [5.41, 5.74) is 7.40. The Hall–Kier alpha value is -1.46. The number of benzene rings is 1. The van der Waals surface area contributed by atoms with Gasteiger partial charge in [-0.2, -0.15) is 0 Å². The Morgan fingerprint density at radius 2 is 2.21 bits per heavy atom. The SMILES string of the molecule is CCCOc1cc(NC(CCO)COC)ccc1N. The third-order valence-electron chi connectivity index (χ3n) is 2.69. The van der Waals surface area contributed by atoms with Crippen LogP contribution in [0.5, 0.6) is 5.75 Å². The topological polar surface area (TPSA) is 76.7 Å². The van der Waals surface area contributed by atoms with Gasteiger partial charge in [-0.15, -0.1) is 0 Å². The summed E-state index contributed by atoms with van der Waals surface area (Å²) in [6.07, 6.45) is 1.57. The highest BCUT2D eigenvalue weighted by Crippen LogP contribution is 2.26. The van der Waals surface area contributed by atoms with Gasteiger partial charge < -0.3 is 25.6 Å². The molecule has 19 heavy (non-hydrogen) atoms. The van der Waals surface area contributed by atoms with Crippen LogP contribution >= 0.6 is 0 Å². The van der Waals surface area contributed by atoms with E-state index in [2.05, 4.69) is 5.32 Å². The lowest BCUT2D eigenvalue weighted by Crippen LogP contribution is -2.26. The van der Waals surface area contributed by atoms with E-state index >= 15 is 0 Å². The fourth-order valence-electron chi connectivity index (χ4n) is 1.75. The van der Waals surface area contributed by atoms with Gasteiger partial charge in [0.25, 0.3) is 0 Å². The highest BCUT2D eigenvalue weighted by atomic mass is 16.5. The van der Waals surface area contributed by atoms with E-state index in [1.807, 2.05) is 25.1 Å². The molecule has 0 aliphatic carbocycles. The van der Waals surface area contributed by atoms with Gasteiger partial charge in [0.05, 0.1) is 24.9 Å². The third-order valence-corrected chi connectivity index (χ3v) is 2.69. The molecule has 0 amide bonds. The predicted molar refractivity (Wildman–Crippen MR) is 77.6 cm³/mol. The van der Waals surface area contributed by atoms with Crippen LogP contribution in [0.3, 0.4) is 0 Å². The highest BCUT2D eigenvalue weighted by molar-refractivity contribution is 5.61. The van der Waals surface area contributed by atoms with E-state index in [1.165, 1.54) is 0 Å². The molecule has 1 aromatic carbocycles. The molecular weight excluding hydrogens is 244 g/mol. The van der Waals surface area contributed by atoms with Crippen LogP contribution in [-0.4, -0.2) is 38.1 Å². The smallest absolute Gasteiger partial charge is 0.144 e. The molecule has 0 fully saturated rings. The number of aliphatic hydroxyl groups excluding tert-OH is 1. The van der Waals surface area contributed by atoms with E-state index in [0.717, 1.165) is 12.1 Å². The van der Waals surface area contributed by atoms with Gasteiger partial charge in [0.15, 0.2) is 0 Å².